The normalized spacial score (nSPS) is 24.2. The third-order valence-electron chi connectivity index (χ3n) is 3.56. The maximum atomic E-state index is 5.57. The molecule has 1 saturated carbocycles. The summed E-state index contributed by atoms with van der Waals surface area (Å²) >= 11 is 0. The van der Waals surface area contributed by atoms with Crippen LogP contribution in [0.25, 0.3) is 0 Å². The van der Waals surface area contributed by atoms with Gasteiger partial charge in [-0.3, -0.25) is 0 Å². The highest BCUT2D eigenvalue weighted by atomic mass is 16.5. The molecule has 96 valence electrons. The summed E-state index contributed by atoms with van der Waals surface area (Å²) in [6.45, 7) is 12.1. The fourth-order valence-electron chi connectivity index (χ4n) is 2.47. The van der Waals surface area contributed by atoms with E-state index in [1.807, 2.05) is 0 Å². The average Bonchev–Trinajstić information content (AvgIpc) is 2.51. The van der Waals surface area contributed by atoms with Gasteiger partial charge in [-0.2, -0.15) is 0 Å². The van der Waals surface area contributed by atoms with Gasteiger partial charge >= 0.3 is 0 Å². The molecule has 1 unspecified atom stereocenters. The molecule has 1 N–H and O–H groups in total. The molecule has 2 heteroatoms. The molecule has 1 atom stereocenters. The molecule has 0 aromatic rings. The van der Waals surface area contributed by atoms with Gasteiger partial charge in [0.2, 0.25) is 0 Å². The zero-order valence-corrected chi connectivity index (χ0v) is 11.5. The molecule has 0 radical (unpaired) electrons. The lowest BCUT2D eigenvalue weighted by molar-refractivity contribution is 0.106. The van der Waals surface area contributed by atoms with Crippen molar-refractivity contribution in [3.8, 4) is 0 Å². The van der Waals surface area contributed by atoms with Gasteiger partial charge in [0.25, 0.3) is 0 Å². The quantitative estimate of drug-likeness (QED) is 0.674. The molecule has 1 aliphatic rings. The molecule has 16 heavy (non-hydrogen) atoms. The first kappa shape index (κ1) is 14.0. The van der Waals surface area contributed by atoms with Crippen molar-refractivity contribution in [2.45, 2.75) is 59.4 Å². The largest absolute Gasteiger partial charge is 0.381 e. The Morgan fingerprint density at radius 2 is 2.12 bits per heavy atom. The molecular formula is C14H29NO. The van der Waals surface area contributed by atoms with E-state index in [-0.39, 0.29) is 0 Å². The number of hydrogen-bond acceptors (Lipinski definition) is 2. The van der Waals surface area contributed by atoms with Crippen molar-refractivity contribution < 1.29 is 4.74 Å². The third-order valence-corrected chi connectivity index (χ3v) is 3.56. The van der Waals surface area contributed by atoms with E-state index in [1.54, 1.807) is 0 Å². The first-order chi connectivity index (χ1) is 7.52. The van der Waals surface area contributed by atoms with Crippen LogP contribution >= 0.6 is 0 Å². The van der Waals surface area contributed by atoms with E-state index in [1.165, 1.54) is 19.3 Å². The maximum Gasteiger partial charge on any atom is 0.0489 e. The van der Waals surface area contributed by atoms with Gasteiger partial charge in [0.15, 0.2) is 0 Å². The smallest absolute Gasteiger partial charge is 0.0489 e. The molecule has 0 aliphatic heterocycles. The van der Waals surface area contributed by atoms with Gasteiger partial charge in [-0.25, -0.2) is 0 Å². The molecule has 0 saturated heterocycles. The van der Waals surface area contributed by atoms with Crippen LogP contribution in [0.4, 0.5) is 0 Å². The second kappa shape index (κ2) is 6.61. The number of nitrogens with one attached hydrogen (secondary N) is 1. The Hall–Kier alpha value is -0.0800. The molecule has 1 rings (SSSR count). The van der Waals surface area contributed by atoms with E-state index in [0.717, 1.165) is 32.2 Å². The minimum atomic E-state index is 0.499. The Labute approximate surface area is 101 Å². The Kier molecular flexibility index (Phi) is 5.77. The third kappa shape index (κ3) is 4.84. The van der Waals surface area contributed by atoms with Gasteiger partial charge in [-0.15, -0.1) is 0 Å². The van der Waals surface area contributed by atoms with E-state index in [2.05, 4.69) is 33.0 Å². The predicted octanol–water partition coefficient (Wildman–Crippen LogP) is 3.22. The monoisotopic (exact) mass is 227 g/mol. The molecule has 0 heterocycles. The molecule has 0 amide bonds. The molecule has 2 nitrogen and oxygen atoms in total. The maximum absolute atomic E-state index is 5.57. The number of hydrogen-bond donors (Lipinski definition) is 1. The standard InChI is InChI=1S/C14H29NO/c1-12(2)11-16-10-6-9-15-13-7-5-8-14(13,3)4/h12-13,15H,5-11H2,1-4H3. The highest BCUT2D eigenvalue weighted by Gasteiger charge is 2.33. The fraction of sp³-hybridized carbons (Fsp3) is 1.00. The lowest BCUT2D eigenvalue weighted by Crippen LogP contribution is -2.38. The van der Waals surface area contributed by atoms with Crippen LogP contribution in [-0.2, 0) is 4.74 Å². The van der Waals surface area contributed by atoms with Gasteiger partial charge in [0.1, 0.15) is 0 Å². The SMILES string of the molecule is CC(C)COCCCNC1CCCC1(C)C. The Morgan fingerprint density at radius 3 is 2.69 bits per heavy atom. The van der Waals surface area contributed by atoms with Gasteiger partial charge in [0.05, 0.1) is 0 Å². The molecular weight excluding hydrogens is 198 g/mol. The lowest BCUT2D eigenvalue weighted by atomic mass is 9.87. The molecule has 0 aromatic carbocycles. The Morgan fingerprint density at radius 1 is 1.38 bits per heavy atom. The summed E-state index contributed by atoms with van der Waals surface area (Å²) in [7, 11) is 0. The van der Waals surface area contributed by atoms with Crippen molar-refractivity contribution in [2.75, 3.05) is 19.8 Å². The molecule has 0 bridgehead atoms. The second-order valence-electron chi connectivity index (χ2n) is 6.21. The molecule has 1 aliphatic carbocycles. The van der Waals surface area contributed by atoms with Crippen molar-refractivity contribution >= 4 is 0 Å². The summed E-state index contributed by atoms with van der Waals surface area (Å²) in [5.41, 5.74) is 0.499. The van der Waals surface area contributed by atoms with Crippen molar-refractivity contribution in [3.63, 3.8) is 0 Å². The summed E-state index contributed by atoms with van der Waals surface area (Å²) in [4.78, 5) is 0. The topological polar surface area (TPSA) is 21.3 Å². The van der Waals surface area contributed by atoms with Crippen molar-refractivity contribution in [1.29, 1.82) is 0 Å². The fourth-order valence-corrected chi connectivity index (χ4v) is 2.47. The summed E-state index contributed by atoms with van der Waals surface area (Å²) in [5, 5.41) is 3.68. The van der Waals surface area contributed by atoms with Crippen LogP contribution < -0.4 is 5.32 Å². The Bertz CT molecular complexity index is 189. The van der Waals surface area contributed by atoms with Gasteiger partial charge in [0, 0.05) is 19.3 Å². The highest BCUT2D eigenvalue weighted by Crippen LogP contribution is 2.36. The predicted molar refractivity (Wildman–Crippen MR) is 69.7 cm³/mol. The van der Waals surface area contributed by atoms with Gasteiger partial charge in [-0.1, -0.05) is 34.1 Å². The van der Waals surface area contributed by atoms with Crippen LogP contribution in [0.5, 0.6) is 0 Å². The number of ether oxygens (including phenoxy) is 1. The van der Waals surface area contributed by atoms with Crippen LogP contribution in [0.3, 0.4) is 0 Å². The highest BCUT2D eigenvalue weighted by molar-refractivity contribution is 4.89. The van der Waals surface area contributed by atoms with Crippen LogP contribution in [0.2, 0.25) is 0 Å². The van der Waals surface area contributed by atoms with Crippen LogP contribution in [-0.4, -0.2) is 25.8 Å². The first-order valence-corrected chi connectivity index (χ1v) is 6.83. The summed E-state index contributed by atoms with van der Waals surface area (Å²) in [6, 6.07) is 0.720. The van der Waals surface area contributed by atoms with Crippen molar-refractivity contribution in [3.05, 3.63) is 0 Å². The van der Waals surface area contributed by atoms with E-state index in [4.69, 9.17) is 4.74 Å². The average molecular weight is 227 g/mol. The Balaban J connectivity index is 1.99. The van der Waals surface area contributed by atoms with E-state index in [9.17, 15) is 0 Å². The number of rotatable bonds is 7. The lowest BCUT2D eigenvalue weighted by Gasteiger charge is -2.28. The zero-order chi connectivity index (χ0) is 12.0. The second-order valence-corrected chi connectivity index (χ2v) is 6.21. The van der Waals surface area contributed by atoms with Gasteiger partial charge < -0.3 is 10.1 Å². The van der Waals surface area contributed by atoms with Crippen LogP contribution in [0, 0.1) is 11.3 Å². The summed E-state index contributed by atoms with van der Waals surface area (Å²) < 4.78 is 5.57. The van der Waals surface area contributed by atoms with E-state index >= 15 is 0 Å². The molecule has 0 spiro atoms. The summed E-state index contributed by atoms with van der Waals surface area (Å²) in [5.74, 6) is 0.654. The minimum absolute atomic E-state index is 0.499. The molecule has 0 aromatic heterocycles. The zero-order valence-electron chi connectivity index (χ0n) is 11.5. The first-order valence-electron chi connectivity index (χ1n) is 6.83. The van der Waals surface area contributed by atoms with Crippen molar-refractivity contribution in [2.24, 2.45) is 11.3 Å². The minimum Gasteiger partial charge on any atom is -0.381 e. The van der Waals surface area contributed by atoms with Crippen LogP contribution in [0.15, 0.2) is 0 Å². The van der Waals surface area contributed by atoms with Crippen LogP contribution in [0.1, 0.15) is 53.4 Å². The summed E-state index contributed by atoms with van der Waals surface area (Å²) in [6.07, 6.45) is 5.24. The van der Waals surface area contributed by atoms with Crippen molar-refractivity contribution in [1.82, 2.24) is 5.32 Å². The van der Waals surface area contributed by atoms with Gasteiger partial charge in [-0.05, 0) is 37.1 Å². The van der Waals surface area contributed by atoms with E-state index in [0.29, 0.717) is 11.3 Å². The van der Waals surface area contributed by atoms with E-state index < -0.39 is 0 Å². The molecule has 1 fully saturated rings.